The second-order valence-corrected chi connectivity index (χ2v) is 4.26. The SMILES string of the molecule is CC.Cc1ccc(C2CC(=O)NS2)cc1. The van der Waals surface area contributed by atoms with Crippen molar-refractivity contribution in [1.82, 2.24) is 4.72 Å². The van der Waals surface area contributed by atoms with Crippen molar-refractivity contribution in [2.75, 3.05) is 0 Å². The van der Waals surface area contributed by atoms with E-state index < -0.39 is 0 Å². The molecule has 1 aliphatic rings. The first-order valence-electron chi connectivity index (χ1n) is 5.27. The number of nitrogens with one attached hydrogen (secondary N) is 1. The molecule has 1 heterocycles. The van der Waals surface area contributed by atoms with Gasteiger partial charge in [0.15, 0.2) is 0 Å². The van der Waals surface area contributed by atoms with E-state index in [1.165, 1.54) is 23.1 Å². The van der Waals surface area contributed by atoms with Crippen LogP contribution in [0.4, 0.5) is 0 Å². The topological polar surface area (TPSA) is 29.1 Å². The van der Waals surface area contributed by atoms with E-state index >= 15 is 0 Å². The normalized spacial score (nSPS) is 19.1. The molecule has 1 aromatic carbocycles. The lowest BCUT2D eigenvalue weighted by Crippen LogP contribution is -2.04. The van der Waals surface area contributed by atoms with Gasteiger partial charge in [-0.1, -0.05) is 43.7 Å². The maximum absolute atomic E-state index is 11.0. The number of hydrogen-bond acceptors (Lipinski definition) is 2. The van der Waals surface area contributed by atoms with Crippen molar-refractivity contribution in [1.29, 1.82) is 0 Å². The fourth-order valence-electron chi connectivity index (χ4n) is 1.36. The molecule has 15 heavy (non-hydrogen) atoms. The standard InChI is InChI=1S/C10H11NOS.C2H6/c1-7-2-4-8(5-3-7)9-6-10(12)11-13-9;1-2/h2-5,9H,6H2,1H3,(H,11,12);1-2H3. The van der Waals surface area contributed by atoms with Gasteiger partial charge in [-0.25, -0.2) is 0 Å². The van der Waals surface area contributed by atoms with Gasteiger partial charge in [0.2, 0.25) is 5.91 Å². The Morgan fingerprint density at radius 1 is 1.27 bits per heavy atom. The first-order chi connectivity index (χ1) is 7.25. The van der Waals surface area contributed by atoms with E-state index in [4.69, 9.17) is 0 Å². The van der Waals surface area contributed by atoms with E-state index in [1.54, 1.807) is 0 Å². The second kappa shape index (κ2) is 5.81. The summed E-state index contributed by atoms with van der Waals surface area (Å²) < 4.78 is 2.76. The van der Waals surface area contributed by atoms with Crippen LogP contribution in [0.25, 0.3) is 0 Å². The molecule has 0 radical (unpaired) electrons. The molecule has 1 aliphatic heterocycles. The Hall–Kier alpha value is -0.960. The van der Waals surface area contributed by atoms with Crippen LogP contribution in [0.3, 0.4) is 0 Å². The Balaban J connectivity index is 0.000000531. The van der Waals surface area contributed by atoms with Crippen molar-refractivity contribution >= 4 is 17.9 Å². The molecule has 1 atom stereocenters. The number of aryl methyl sites for hydroxylation is 1. The van der Waals surface area contributed by atoms with E-state index in [9.17, 15) is 4.79 Å². The summed E-state index contributed by atoms with van der Waals surface area (Å²) >= 11 is 1.51. The van der Waals surface area contributed by atoms with Crippen LogP contribution in [0, 0.1) is 6.92 Å². The maximum atomic E-state index is 11.0. The van der Waals surface area contributed by atoms with Gasteiger partial charge in [0.1, 0.15) is 0 Å². The predicted octanol–water partition coefficient (Wildman–Crippen LogP) is 3.23. The van der Waals surface area contributed by atoms with Gasteiger partial charge in [0.05, 0.1) is 5.25 Å². The van der Waals surface area contributed by atoms with Crippen molar-refractivity contribution < 1.29 is 4.79 Å². The number of rotatable bonds is 1. The highest BCUT2D eigenvalue weighted by atomic mass is 32.2. The third kappa shape index (κ3) is 3.27. The van der Waals surface area contributed by atoms with Crippen LogP contribution in [0.2, 0.25) is 0 Å². The third-order valence-corrected chi connectivity index (χ3v) is 3.20. The molecular weight excluding hydrogens is 206 g/mol. The van der Waals surface area contributed by atoms with Crippen LogP contribution in [0.5, 0.6) is 0 Å². The maximum Gasteiger partial charge on any atom is 0.231 e. The summed E-state index contributed by atoms with van der Waals surface area (Å²) in [4.78, 5) is 11.0. The van der Waals surface area contributed by atoms with Crippen molar-refractivity contribution in [3.8, 4) is 0 Å². The van der Waals surface area contributed by atoms with Gasteiger partial charge in [-0.3, -0.25) is 9.52 Å². The lowest BCUT2D eigenvalue weighted by atomic mass is 10.1. The smallest absolute Gasteiger partial charge is 0.231 e. The summed E-state index contributed by atoms with van der Waals surface area (Å²) in [5.74, 6) is 0.135. The molecule has 1 amide bonds. The molecule has 1 unspecified atom stereocenters. The highest BCUT2D eigenvalue weighted by Gasteiger charge is 2.23. The van der Waals surface area contributed by atoms with Gasteiger partial charge < -0.3 is 0 Å². The van der Waals surface area contributed by atoms with Crippen LogP contribution in [-0.2, 0) is 4.79 Å². The van der Waals surface area contributed by atoms with E-state index in [1.807, 2.05) is 13.8 Å². The highest BCUT2D eigenvalue weighted by Crippen LogP contribution is 2.34. The molecule has 1 fully saturated rings. The van der Waals surface area contributed by atoms with E-state index in [2.05, 4.69) is 35.9 Å². The zero-order valence-electron chi connectivity index (χ0n) is 9.41. The second-order valence-electron chi connectivity index (χ2n) is 3.25. The van der Waals surface area contributed by atoms with E-state index in [-0.39, 0.29) is 5.91 Å². The molecule has 0 bridgehead atoms. The van der Waals surface area contributed by atoms with Crippen LogP contribution < -0.4 is 4.72 Å². The molecule has 0 spiro atoms. The fraction of sp³-hybridized carbons (Fsp3) is 0.417. The van der Waals surface area contributed by atoms with E-state index in [0.29, 0.717) is 11.7 Å². The molecule has 1 aromatic rings. The van der Waals surface area contributed by atoms with Gasteiger partial charge in [-0.2, -0.15) is 0 Å². The predicted molar refractivity (Wildman–Crippen MR) is 65.6 cm³/mol. The minimum Gasteiger partial charge on any atom is -0.300 e. The van der Waals surface area contributed by atoms with Crippen molar-refractivity contribution in [2.45, 2.75) is 32.4 Å². The Kier molecular flexibility index (Phi) is 4.69. The van der Waals surface area contributed by atoms with Crippen LogP contribution in [0.1, 0.15) is 36.6 Å². The summed E-state index contributed by atoms with van der Waals surface area (Å²) in [6.45, 7) is 6.06. The molecule has 1 saturated heterocycles. The van der Waals surface area contributed by atoms with Gasteiger partial charge in [0.25, 0.3) is 0 Å². The summed E-state index contributed by atoms with van der Waals surface area (Å²) in [7, 11) is 0. The Morgan fingerprint density at radius 3 is 2.33 bits per heavy atom. The Bertz CT molecular complexity index is 321. The minimum absolute atomic E-state index is 0.135. The lowest BCUT2D eigenvalue weighted by Gasteiger charge is -2.05. The summed E-state index contributed by atoms with van der Waals surface area (Å²) in [6, 6.07) is 8.35. The molecule has 82 valence electrons. The van der Waals surface area contributed by atoms with Crippen LogP contribution in [0.15, 0.2) is 24.3 Å². The number of hydrogen-bond donors (Lipinski definition) is 1. The van der Waals surface area contributed by atoms with Crippen molar-refractivity contribution in [2.24, 2.45) is 0 Å². The molecule has 0 aromatic heterocycles. The van der Waals surface area contributed by atoms with Gasteiger partial charge in [0, 0.05) is 6.42 Å². The monoisotopic (exact) mass is 223 g/mol. The largest absolute Gasteiger partial charge is 0.300 e. The quantitative estimate of drug-likeness (QED) is 0.741. The van der Waals surface area contributed by atoms with Gasteiger partial charge in [-0.15, -0.1) is 0 Å². The zero-order valence-corrected chi connectivity index (χ0v) is 10.2. The average molecular weight is 223 g/mol. The number of carbonyl (C=O) groups is 1. The van der Waals surface area contributed by atoms with Gasteiger partial charge in [-0.05, 0) is 24.4 Å². The summed E-state index contributed by atoms with van der Waals surface area (Å²) in [5, 5.41) is 0.299. The summed E-state index contributed by atoms with van der Waals surface area (Å²) in [5.41, 5.74) is 2.49. The average Bonchev–Trinajstić information content (AvgIpc) is 2.69. The zero-order chi connectivity index (χ0) is 11.3. The highest BCUT2D eigenvalue weighted by molar-refractivity contribution is 7.98. The summed E-state index contributed by atoms with van der Waals surface area (Å²) in [6.07, 6.45) is 0.605. The molecule has 2 nitrogen and oxygen atoms in total. The Morgan fingerprint density at radius 2 is 1.87 bits per heavy atom. The molecule has 0 saturated carbocycles. The fourth-order valence-corrected chi connectivity index (χ4v) is 2.24. The molecule has 2 rings (SSSR count). The van der Waals surface area contributed by atoms with Crippen LogP contribution >= 0.6 is 11.9 Å². The first kappa shape index (κ1) is 12.1. The Labute approximate surface area is 95.6 Å². The first-order valence-corrected chi connectivity index (χ1v) is 6.15. The molecular formula is C12H17NOS. The molecule has 0 aliphatic carbocycles. The van der Waals surface area contributed by atoms with E-state index in [0.717, 1.165) is 0 Å². The number of amides is 1. The third-order valence-electron chi connectivity index (χ3n) is 2.13. The van der Waals surface area contributed by atoms with Crippen molar-refractivity contribution in [3.63, 3.8) is 0 Å². The lowest BCUT2D eigenvalue weighted by molar-refractivity contribution is -0.118. The molecule has 1 N–H and O–H groups in total. The number of benzene rings is 1. The minimum atomic E-state index is 0.135. The van der Waals surface area contributed by atoms with Gasteiger partial charge >= 0.3 is 0 Å². The van der Waals surface area contributed by atoms with Crippen molar-refractivity contribution in [3.05, 3.63) is 35.4 Å². The number of carbonyl (C=O) groups excluding carboxylic acids is 1. The molecule has 3 heteroatoms. The van der Waals surface area contributed by atoms with Crippen LogP contribution in [-0.4, -0.2) is 5.91 Å².